The number of hydrogen-bond donors (Lipinski definition) is 0. The van der Waals surface area contributed by atoms with Gasteiger partial charge in [0.25, 0.3) is 0 Å². The summed E-state index contributed by atoms with van der Waals surface area (Å²) >= 11 is 1.79. The molecule has 0 aliphatic carbocycles. The van der Waals surface area contributed by atoms with Crippen LogP contribution < -0.4 is 0 Å². The van der Waals surface area contributed by atoms with Gasteiger partial charge in [-0.1, -0.05) is 19.9 Å². The maximum atomic E-state index is 4.74. The van der Waals surface area contributed by atoms with Gasteiger partial charge in [-0.05, 0) is 12.1 Å². The predicted molar refractivity (Wildman–Crippen MR) is 91.0 cm³/mol. The molecule has 1 aliphatic rings. The minimum Gasteiger partial charge on any atom is -0.295 e. The Hall–Kier alpha value is -1.30. The van der Waals surface area contributed by atoms with Gasteiger partial charge in [0.15, 0.2) is 0 Å². The quantitative estimate of drug-likeness (QED) is 0.849. The maximum absolute atomic E-state index is 4.74. The van der Waals surface area contributed by atoms with E-state index in [-0.39, 0.29) is 0 Å². The summed E-state index contributed by atoms with van der Waals surface area (Å²) in [5.74, 6) is 0.536. The number of nitrogens with zero attached hydrogens (tertiary/aromatic N) is 4. The molecule has 0 atom stereocenters. The lowest BCUT2D eigenvalue weighted by molar-refractivity contribution is 0.120. The van der Waals surface area contributed by atoms with E-state index in [1.54, 1.807) is 11.3 Å². The van der Waals surface area contributed by atoms with E-state index in [9.17, 15) is 0 Å². The van der Waals surface area contributed by atoms with Gasteiger partial charge in [-0.3, -0.25) is 14.8 Å². The van der Waals surface area contributed by atoms with Gasteiger partial charge in [0.05, 0.1) is 16.4 Å². The van der Waals surface area contributed by atoms with Gasteiger partial charge in [-0.2, -0.15) is 0 Å². The highest BCUT2D eigenvalue weighted by molar-refractivity contribution is 7.09. The molecule has 0 bridgehead atoms. The van der Waals surface area contributed by atoms with Crippen LogP contribution >= 0.6 is 11.3 Å². The van der Waals surface area contributed by atoms with Crippen LogP contribution in [-0.4, -0.2) is 45.9 Å². The van der Waals surface area contributed by atoms with E-state index in [2.05, 4.69) is 46.1 Å². The van der Waals surface area contributed by atoms with Crippen LogP contribution in [0.1, 0.15) is 36.2 Å². The first kappa shape index (κ1) is 15.6. The zero-order chi connectivity index (χ0) is 15.4. The van der Waals surface area contributed by atoms with Gasteiger partial charge in [-0.25, -0.2) is 4.98 Å². The Labute approximate surface area is 136 Å². The lowest BCUT2D eigenvalue weighted by Crippen LogP contribution is -2.45. The van der Waals surface area contributed by atoms with Crippen molar-refractivity contribution in [2.24, 2.45) is 0 Å². The number of piperazine rings is 1. The van der Waals surface area contributed by atoms with Crippen molar-refractivity contribution in [2.45, 2.75) is 32.9 Å². The van der Waals surface area contributed by atoms with Gasteiger partial charge in [0, 0.05) is 56.8 Å². The summed E-state index contributed by atoms with van der Waals surface area (Å²) in [6.45, 7) is 10.8. The second-order valence-electron chi connectivity index (χ2n) is 6.21. The summed E-state index contributed by atoms with van der Waals surface area (Å²) in [5.41, 5.74) is 2.39. The van der Waals surface area contributed by atoms with Crippen LogP contribution in [0.4, 0.5) is 0 Å². The van der Waals surface area contributed by atoms with Gasteiger partial charge in [0.2, 0.25) is 0 Å². The Morgan fingerprint density at radius 1 is 1.05 bits per heavy atom. The first-order valence-corrected chi connectivity index (χ1v) is 8.87. The monoisotopic (exact) mass is 316 g/mol. The first-order chi connectivity index (χ1) is 10.7. The normalized spacial score (nSPS) is 17.2. The molecule has 5 heteroatoms. The van der Waals surface area contributed by atoms with Crippen LogP contribution in [0, 0.1) is 0 Å². The van der Waals surface area contributed by atoms with Gasteiger partial charge >= 0.3 is 0 Å². The molecule has 0 radical (unpaired) electrons. The second kappa shape index (κ2) is 7.31. The summed E-state index contributed by atoms with van der Waals surface area (Å²) in [5, 5.41) is 3.47. The number of pyridine rings is 1. The third-order valence-electron chi connectivity index (χ3n) is 4.03. The molecule has 0 spiro atoms. The lowest BCUT2D eigenvalue weighted by atomic mass is 10.2. The molecule has 22 heavy (non-hydrogen) atoms. The highest BCUT2D eigenvalue weighted by atomic mass is 32.1. The van der Waals surface area contributed by atoms with Crippen LogP contribution in [0.15, 0.2) is 29.8 Å². The zero-order valence-corrected chi connectivity index (χ0v) is 14.2. The Bertz CT molecular complexity index is 573. The average molecular weight is 316 g/mol. The van der Waals surface area contributed by atoms with E-state index in [0.29, 0.717) is 5.92 Å². The molecule has 0 aromatic carbocycles. The number of rotatable bonds is 5. The fourth-order valence-corrected chi connectivity index (χ4v) is 3.54. The van der Waals surface area contributed by atoms with Gasteiger partial charge < -0.3 is 0 Å². The largest absolute Gasteiger partial charge is 0.295 e. The molecule has 2 aromatic rings. The molecule has 0 amide bonds. The molecule has 0 unspecified atom stereocenters. The van der Waals surface area contributed by atoms with Crippen molar-refractivity contribution in [3.8, 4) is 0 Å². The molecule has 3 heterocycles. The Kier molecular flexibility index (Phi) is 5.18. The predicted octanol–water partition coefficient (Wildman–Crippen LogP) is 2.98. The number of aromatic nitrogens is 2. The van der Waals surface area contributed by atoms with Crippen molar-refractivity contribution in [1.29, 1.82) is 0 Å². The summed E-state index contributed by atoms with van der Waals surface area (Å²) in [7, 11) is 0. The number of thiazole rings is 1. The molecule has 1 aliphatic heterocycles. The van der Waals surface area contributed by atoms with E-state index < -0.39 is 0 Å². The van der Waals surface area contributed by atoms with Crippen molar-refractivity contribution in [2.75, 3.05) is 26.2 Å². The van der Waals surface area contributed by atoms with Crippen molar-refractivity contribution in [3.05, 3.63) is 46.2 Å². The molecule has 0 N–H and O–H groups in total. The number of hydrogen-bond acceptors (Lipinski definition) is 5. The van der Waals surface area contributed by atoms with Gasteiger partial charge in [0.1, 0.15) is 0 Å². The van der Waals surface area contributed by atoms with Crippen LogP contribution in [0.3, 0.4) is 0 Å². The Balaban J connectivity index is 1.47. The van der Waals surface area contributed by atoms with Crippen molar-refractivity contribution in [3.63, 3.8) is 0 Å². The lowest BCUT2D eigenvalue weighted by Gasteiger charge is -2.34. The maximum Gasteiger partial charge on any atom is 0.0954 e. The fourth-order valence-electron chi connectivity index (χ4n) is 2.72. The van der Waals surface area contributed by atoms with Crippen LogP contribution in [0.2, 0.25) is 0 Å². The van der Waals surface area contributed by atoms with E-state index in [1.807, 2.05) is 12.3 Å². The van der Waals surface area contributed by atoms with Crippen LogP contribution in [0.5, 0.6) is 0 Å². The Morgan fingerprint density at radius 2 is 1.73 bits per heavy atom. The minimum atomic E-state index is 0.536. The second-order valence-corrected chi connectivity index (χ2v) is 7.09. The van der Waals surface area contributed by atoms with Crippen molar-refractivity contribution in [1.82, 2.24) is 19.8 Å². The van der Waals surface area contributed by atoms with Crippen LogP contribution in [-0.2, 0) is 13.1 Å². The molecule has 2 aromatic heterocycles. The highest BCUT2D eigenvalue weighted by Gasteiger charge is 2.18. The standard InChI is InChI=1S/C17H24N4S/c1-14(2)17-19-16(13-22-17)12-21-9-7-20(8-10-21)11-15-5-3-4-6-18-15/h3-6,13-14H,7-12H2,1-2H3. The van der Waals surface area contributed by atoms with Crippen LogP contribution in [0.25, 0.3) is 0 Å². The molecule has 4 nitrogen and oxygen atoms in total. The average Bonchev–Trinajstić information content (AvgIpc) is 2.99. The van der Waals surface area contributed by atoms with E-state index in [1.165, 1.54) is 10.7 Å². The summed E-state index contributed by atoms with van der Waals surface area (Å²) in [6.07, 6.45) is 1.88. The third-order valence-corrected chi connectivity index (χ3v) is 5.22. The Morgan fingerprint density at radius 3 is 2.27 bits per heavy atom. The smallest absolute Gasteiger partial charge is 0.0954 e. The van der Waals surface area contributed by atoms with Crippen molar-refractivity contribution < 1.29 is 0 Å². The van der Waals surface area contributed by atoms with E-state index >= 15 is 0 Å². The molecule has 0 saturated carbocycles. The minimum absolute atomic E-state index is 0.536. The molecule has 118 valence electrons. The summed E-state index contributed by atoms with van der Waals surface area (Å²) in [4.78, 5) is 14.2. The summed E-state index contributed by atoms with van der Waals surface area (Å²) < 4.78 is 0. The SMILES string of the molecule is CC(C)c1nc(CN2CCN(Cc3ccccn3)CC2)cs1. The summed E-state index contributed by atoms with van der Waals surface area (Å²) in [6, 6.07) is 6.14. The first-order valence-electron chi connectivity index (χ1n) is 7.99. The topological polar surface area (TPSA) is 32.3 Å². The van der Waals surface area contributed by atoms with E-state index in [4.69, 9.17) is 4.98 Å². The third kappa shape index (κ3) is 4.12. The molecule has 3 rings (SSSR count). The van der Waals surface area contributed by atoms with Crippen molar-refractivity contribution >= 4 is 11.3 Å². The fraction of sp³-hybridized carbons (Fsp3) is 0.529. The molecular formula is C17H24N4S. The molecular weight excluding hydrogens is 292 g/mol. The molecule has 1 saturated heterocycles. The highest BCUT2D eigenvalue weighted by Crippen LogP contribution is 2.20. The van der Waals surface area contributed by atoms with E-state index in [0.717, 1.165) is 45.0 Å². The zero-order valence-electron chi connectivity index (χ0n) is 13.4. The molecule has 1 fully saturated rings. The van der Waals surface area contributed by atoms with Gasteiger partial charge in [-0.15, -0.1) is 11.3 Å².